The topological polar surface area (TPSA) is 41.4 Å². The fourth-order valence-corrected chi connectivity index (χ4v) is 3.26. The van der Waals surface area contributed by atoms with Crippen molar-refractivity contribution in [3.8, 4) is 0 Å². The van der Waals surface area contributed by atoms with E-state index in [2.05, 4.69) is 10.00 Å². The molecule has 5 nitrogen and oxygen atoms in total. The number of aromatic nitrogens is 2. The van der Waals surface area contributed by atoms with Crippen molar-refractivity contribution in [3.63, 3.8) is 0 Å². The molecule has 1 aliphatic rings. The van der Waals surface area contributed by atoms with E-state index < -0.39 is 0 Å². The van der Waals surface area contributed by atoms with E-state index >= 15 is 0 Å². The van der Waals surface area contributed by atoms with Gasteiger partial charge in [0, 0.05) is 56.9 Å². The lowest BCUT2D eigenvalue weighted by molar-refractivity contribution is -0.133. The molecule has 0 saturated carbocycles. The molecule has 2 heterocycles. The Morgan fingerprint density at radius 1 is 1.20 bits per heavy atom. The van der Waals surface area contributed by atoms with Crippen LogP contribution in [0.4, 0.5) is 4.39 Å². The molecule has 1 aliphatic heterocycles. The Morgan fingerprint density at radius 2 is 1.96 bits per heavy atom. The molecule has 1 aromatic heterocycles. The second-order valence-electron chi connectivity index (χ2n) is 6.06. The standard InChI is InChI=1S/C17H19Cl2FN4O/c18-14-10-21-24(12-14)4-3-17(25)23-7-5-22(6-8-23)11-13-1-2-15(20)9-16(13)19/h1-2,9-10,12H,3-8,11H2. The van der Waals surface area contributed by atoms with Gasteiger partial charge in [0.15, 0.2) is 0 Å². The highest BCUT2D eigenvalue weighted by atomic mass is 35.5. The van der Waals surface area contributed by atoms with Crippen molar-refractivity contribution >= 4 is 29.1 Å². The van der Waals surface area contributed by atoms with Gasteiger partial charge in [-0.05, 0) is 17.7 Å². The Morgan fingerprint density at radius 3 is 2.60 bits per heavy atom. The SMILES string of the molecule is O=C(CCn1cc(Cl)cn1)N1CCN(Cc2ccc(F)cc2Cl)CC1. The number of carbonyl (C=O) groups is 1. The van der Waals surface area contributed by atoms with Crippen molar-refractivity contribution in [2.75, 3.05) is 26.2 Å². The minimum absolute atomic E-state index is 0.117. The Balaban J connectivity index is 1.45. The molecule has 0 radical (unpaired) electrons. The number of nitrogens with zero attached hydrogens (tertiary/aromatic N) is 4. The highest BCUT2D eigenvalue weighted by molar-refractivity contribution is 6.31. The van der Waals surface area contributed by atoms with Gasteiger partial charge in [0.05, 0.1) is 11.2 Å². The van der Waals surface area contributed by atoms with E-state index in [9.17, 15) is 9.18 Å². The minimum Gasteiger partial charge on any atom is -0.340 e. The summed E-state index contributed by atoms with van der Waals surface area (Å²) in [5.74, 6) is -0.214. The third-order valence-corrected chi connectivity index (χ3v) is 4.84. The second kappa shape index (κ2) is 8.17. The molecule has 2 aromatic rings. The fourth-order valence-electron chi connectivity index (χ4n) is 2.88. The van der Waals surface area contributed by atoms with Crippen LogP contribution in [0.5, 0.6) is 0 Å². The van der Waals surface area contributed by atoms with Gasteiger partial charge in [-0.3, -0.25) is 14.4 Å². The zero-order valence-corrected chi connectivity index (χ0v) is 15.2. The number of amides is 1. The van der Waals surface area contributed by atoms with Crippen LogP contribution in [0.15, 0.2) is 30.6 Å². The van der Waals surface area contributed by atoms with Crippen molar-refractivity contribution in [1.29, 1.82) is 0 Å². The van der Waals surface area contributed by atoms with E-state index in [1.807, 2.05) is 4.90 Å². The van der Waals surface area contributed by atoms with E-state index in [1.165, 1.54) is 12.1 Å². The van der Waals surface area contributed by atoms with Crippen LogP contribution in [0.3, 0.4) is 0 Å². The first-order chi connectivity index (χ1) is 12.0. The summed E-state index contributed by atoms with van der Waals surface area (Å²) in [6.07, 6.45) is 3.67. The predicted molar refractivity (Wildman–Crippen MR) is 95.1 cm³/mol. The number of hydrogen-bond acceptors (Lipinski definition) is 3. The highest BCUT2D eigenvalue weighted by Crippen LogP contribution is 2.20. The van der Waals surface area contributed by atoms with Crippen molar-refractivity contribution < 1.29 is 9.18 Å². The number of carbonyl (C=O) groups excluding carboxylic acids is 1. The highest BCUT2D eigenvalue weighted by Gasteiger charge is 2.21. The molecule has 3 rings (SSSR count). The Bertz CT molecular complexity index is 744. The molecule has 8 heteroatoms. The van der Waals surface area contributed by atoms with E-state index in [0.29, 0.717) is 42.6 Å². The van der Waals surface area contributed by atoms with Crippen LogP contribution in [0.2, 0.25) is 10.0 Å². The largest absolute Gasteiger partial charge is 0.340 e. The number of hydrogen-bond donors (Lipinski definition) is 0. The molecule has 1 aromatic carbocycles. The van der Waals surface area contributed by atoms with E-state index in [0.717, 1.165) is 18.7 Å². The molecular formula is C17H19Cl2FN4O. The maximum atomic E-state index is 13.1. The smallest absolute Gasteiger partial charge is 0.224 e. The monoisotopic (exact) mass is 384 g/mol. The summed E-state index contributed by atoms with van der Waals surface area (Å²) >= 11 is 11.9. The number of rotatable bonds is 5. The molecule has 0 spiro atoms. The van der Waals surface area contributed by atoms with Gasteiger partial charge in [-0.15, -0.1) is 0 Å². The Kier molecular flexibility index (Phi) is 5.93. The van der Waals surface area contributed by atoms with Crippen molar-refractivity contribution in [3.05, 3.63) is 52.0 Å². The maximum absolute atomic E-state index is 13.1. The van der Waals surface area contributed by atoms with Crippen molar-refractivity contribution in [1.82, 2.24) is 19.6 Å². The van der Waals surface area contributed by atoms with E-state index in [1.54, 1.807) is 23.1 Å². The van der Waals surface area contributed by atoms with Gasteiger partial charge in [-0.1, -0.05) is 29.3 Å². The fraction of sp³-hybridized carbons (Fsp3) is 0.412. The van der Waals surface area contributed by atoms with Gasteiger partial charge < -0.3 is 4.90 Å². The first kappa shape index (κ1) is 18.2. The van der Waals surface area contributed by atoms with Crippen LogP contribution >= 0.6 is 23.2 Å². The minimum atomic E-state index is -0.331. The van der Waals surface area contributed by atoms with Gasteiger partial charge in [0.1, 0.15) is 5.82 Å². The number of halogens is 3. The molecule has 25 heavy (non-hydrogen) atoms. The Labute approximate surface area is 155 Å². The average Bonchev–Trinajstić information content (AvgIpc) is 3.01. The van der Waals surface area contributed by atoms with Gasteiger partial charge >= 0.3 is 0 Å². The normalized spacial score (nSPS) is 15.6. The first-order valence-corrected chi connectivity index (χ1v) is 8.89. The molecule has 1 amide bonds. The van der Waals surface area contributed by atoms with Gasteiger partial charge in [0.25, 0.3) is 0 Å². The molecule has 0 bridgehead atoms. The van der Waals surface area contributed by atoms with Crippen molar-refractivity contribution in [2.45, 2.75) is 19.5 Å². The summed E-state index contributed by atoms with van der Waals surface area (Å²) in [4.78, 5) is 16.4. The zero-order chi connectivity index (χ0) is 17.8. The van der Waals surface area contributed by atoms with E-state index in [-0.39, 0.29) is 11.7 Å². The summed E-state index contributed by atoms with van der Waals surface area (Å²) in [5, 5.41) is 5.08. The number of piperazine rings is 1. The third-order valence-electron chi connectivity index (χ3n) is 4.29. The van der Waals surface area contributed by atoms with Crippen LogP contribution in [-0.2, 0) is 17.9 Å². The quantitative estimate of drug-likeness (QED) is 0.795. The third kappa shape index (κ3) is 4.93. The Hall–Kier alpha value is -1.63. The van der Waals surface area contributed by atoms with E-state index in [4.69, 9.17) is 23.2 Å². The summed E-state index contributed by atoms with van der Waals surface area (Å²) in [6.45, 7) is 4.08. The number of benzene rings is 1. The molecule has 134 valence electrons. The lowest BCUT2D eigenvalue weighted by Gasteiger charge is -2.35. The van der Waals surface area contributed by atoms with Crippen LogP contribution in [-0.4, -0.2) is 51.7 Å². The second-order valence-corrected chi connectivity index (χ2v) is 6.91. The molecule has 0 aliphatic carbocycles. The summed E-state index contributed by atoms with van der Waals surface area (Å²) in [7, 11) is 0. The molecule has 1 fully saturated rings. The van der Waals surface area contributed by atoms with Gasteiger partial charge in [-0.2, -0.15) is 5.10 Å². The lowest BCUT2D eigenvalue weighted by Crippen LogP contribution is -2.48. The number of aryl methyl sites for hydroxylation is 1. The molecule has 1 saturated heterocycles. The van der Waals surface area contributed by atoms with Crippen LogP contribution in [0.25, 0.3) is 0 Å². The van der Waals surface area contributed by atoms with Gasteiger partial charge in [-0.25, -0.2) is 4.39 Å². The first-order valence-electron chi connectivity index (χ1n) is 8.13. The summed E-state index contributed by atoms with van der Waals surface area (Å²) < 4.78 is 14.8. The van der Waals surface area contributed by atoms with Crippen LogP contribution < -0.4 is 0 Å². The predicted octanol–water partition coefficient (Wildman–Crippen LogP) is 3.06. The molecule has 0 unspecified atom stereocenters. The summed E-state index contributed by atoms with van der Waals surface area (Å²) in [6, 6.07) is 4.46. The maximum Gasteiger partial charge on any atom is 0.224 e. The molecular weight excluding hydrogens is 366 g/mol. The van der Waals surface area contributed by atoms with Crippen LogP contribution in [0.1, 0.15) is 12.0 Å². The molecule has 0 N–H and O–H groups in total. The lowest BCUT2D eigenvalue weighted by atomic mass is 10.2. The molecule has 0 atom stereocenters. The zero-order valence-electron chi connectivity index (χ0n) is 13.7. The van der Waals surface area contributed by atoms with Crippen molar-refractivity contribution in [2.24, 2.45) is 0 Å². The van der Waals surface area contributed by atoms with Crippen LogP contribution in [0, 0.1) is 5.82 Å². The average molecular weight is 385 g/mol. The van der Waals surface area contributed by atoms with Gasteiger partial charge in [0.2, 0.25) is 5.91 Å². The summed E-state index contributed by atoms with van der Waals surface area (Å²) in [5.41, 5.74) is 0.901.